The molecular weight excluding hydrogens is 399 g/mol. The summed E-state index contributed by atoms with van der Waals surface area (Å²) < 4.78 is 19.9. The van der Waals surface area contributed by atoms with E-state index in [1.54, 1.807) is 13.0 Å². The summed E-state index contributed by atoms with van der Waals surface area (Å²) in [4.78, 5) is 12.0. The molecule has 0 saturated heterocycles. The van der Waals surface area contributed by atoms with Gasteiger partial charge in [-0.1, -0.05) is 23.7 Å². The summed E-state index contributed by atoms with van der Waals surface area (Å²) in [6.07, 6.45) is 0.377. The highest BCUT2D eigenvalue weighted by atomic mass is 79.9. The lowest BCUT2D eigenvalue weighted by Crippen LogP contribution is -2.33. The van der Waals surface area contributed by atoms with Crippen LogP contribution in [-0.2, 0) is 4.79 Å². The largest absolute Gasteiger partial charge is 0.480 e. The molecule has 1 atom stereocenters. The third kappa shape index (κ3) is 4.79. The number of aryl methyl sites for hydroxylation is 1. The second-order valence-electron chi connectivity index (χ2n) is 5.06. The predicted octanol–water partition coefficient (Wildman–Crippen LogP) is 4.47. The Labute approximate surface area is 152 Å². The molecule has 4 nitrogen and oxygen atoms in total. The van der Waals surface area contributed by atoms with Gasteiger partial charge in [0.1, 0.15) is 11.6 Å². The molecule has 0 saturated carbocycles. The smallest absolute Gasteiger partial charge is 0.280 e. The van der Waals surface area contributed by atoms with E-state index in [1.165, 1.54) is 18.2 Å². The topological polar surface area (TPSA) is 50.7 Å². The van der Waals surface area contributed by atoms with Crippen molar-refractivity contribution in [1.29, 1.82) is 0 Å². The molecule has 0 fully saturated rings. The number of nitrogens with one attached hydrogen (secondary N) is 1. The van der Waals surface area contributed by atoms with Crippen LogP contribution in [0.1, 0.15) is 18.1 Å². The molecule has 0 spiro atoms. The summed E-state index contributed by atoms with van der Waals surface area (Å²) in [6.45, 7) is 3.54. The van der Waals surface area contributed by atoms with Gasteiger partial charge in [0.25, 0.3) is 5.91 Å². The van der Waals surface area contributed by atoms with Crippen LogP contribution < -0.4 is 10.2 Å². The Morgan fingerprint density at radius 3 is 2.83 bits per heavy atom. The van der Waals surface area contributed by atoms with E-state index in [-0.39, 0.29) is 10.6 Å². The van der Waals surface area contributed by atoms with Gasteiger partial charge in [-0.05, 0) is 59.6 Å². The molecule has 0 aliphatic heterocycles. The number of halogens is 3. The lowest BCUT2D eigenvalue weighted by atomic mass is 10.2. The zero-order valence-corrected chi connectivity index (χ0v) is 15.4. The highest BCUT2D eigenvalue weighted by Crippen LogP contribution is 2.26. The van der Waals surface area contributed by atoms with Crippen LogP contribution in [0, 0.1) is 12.7 Å². The number of carbonyl (C=O) groups is 1. The van der Waals surface area contributed by atoms with Crippen molar-refractivity contribution < 1.29 is 13.9 Å². The number of ether oxygens (including phenoxy) is 1. The number of hydrazone groups is 1. The van der Waals surface area contributed by atoms with Gasteiger partial charge >= 0.3 is 0 Å². The Morgan fingerprint density at radius 1 is 1.42 bits per heavy atom. The molecule has 2 aromatic rings. The van der Waals surface area contributed by atoms with Crippen molar-refractivity contribution in [2.75, 3.05) is 0 Å². The minimum absolute atomic E-state index is 0.106. The number of amides is 1. The number of carbonyl (C=O) groups excluding carboxylic acids is 1. The van der Waals surface area contributed by atoms with Crippen LogP contribution in [0.15, 0.2) is 46.0 Å². The first kappa shape index (κ1) is 18.4. The molecule has 126 valence electrons. The van der Waals surface area contributed by atoms with Gasteiger partial charge in [0.15, 0.2) is 6.10 Å². The molecule has 0 aliphatic carbocycles. The van der Waals surface area contributed by atoms with Crippen molar-refractivity contribution in [3.8, 4) is 5.75 Å². The van der Waals surface area contributed by atoms with E-state index in [4.69, 9.17) is 16.3 Å². The maximum absolute atomic E-state index is 13.6. The van der Waals surface area contributed by atoms with Crippen molar-refractivity contribution >= 4 is 39.7 Å². The molecule has 0 aliphatic rings. The van der Waals surface area contributed by atoms with Crippen molar-refractivity contribution in [2.24, 2.45) is 5.10 Å². The molecule has 2 rings (SSSR count). The first-order valence-corrected chi connectivity index (χ1v) is 8.25. The maximum Gasteiger partial charge on any atom is 0.280 e. The quantitative estimate of drug-likeness (QED) is 0.581. The van der Waals surface area contributed by atoms with Crippen LogP contribution in [-0.4, -0.2) is 18.2 Å². The average Bonchev–Trinajstić information content (AvgIpc) is 2.52. The molecule has 0 bridgehead atoms. The van der Waals surface area contributed by atoms with Crippen LogP contribution in [0.2, 0.25) is 5.02 Å². The Balaban J connectivity index is 1.98. The molecule has 1 N–H and O–H groups in total. The molecule has 0 radical (unpaired) electrons. The lowest BCUT2D eigenvalue weighted by molar-refractivity contribution is -0.127. The van der Waals surface area contributed by atoms with Gasteiger partial charge < -0.3 is 4.74 Å². The number of nitrogens with zero attached hydrogens (tertiary/aromatic N) is 1. The SMILES string of the molecule is Cc1ccc(OC(C)C(=O)N/N=C/c2c(F)cccc2Cl)c(Br)c1. The molecule has 0 heterocycles. The van der Waals surface area contributed by atoms with Gasteiger partial charge in [0.05, 0.1) is 15.7 Å². The second kappa shape index (κ2) is 8.26. The van der Waals surface area contributed by atoms with E-state index >= 15 is 0 Å². The number of hydrogen-bond acceptors (Lipinski definition) is 3. The van der Waals surface area contributed by atoms with Crippen molar-refractivity contribution in [3.05, 3.63) is 62.8 Å². The summed E-state index contributed by atoms with van der Waals surface area (Å²) >= 11 is 9.25. The summed E-state index contributed by atoms with van der Waals surface area (Å²) in [5, 5.41) is 3.93. The predicted molar refractivity (Wildman–Crippen MR) is 96.1 cm³/mol. The van der Waals surface area contributed by atoms with Crippen LogP contribution >= 0.6 is 27.5 Å². The van der Waals surface area contributed by atoms with Gasteiger partial charge in [-0.25, -0.2) is 9.82 Å². The summed E-state index contributed by atoms with van der Waals surface area (Å²) in [7, 11) is 0. The van der Waals surface area contributed by atoms with E-state index < -0.39 is 17.8 Å². The molecule has 1 amide bonds. The maximum atomic E-state index is 13.6. The summed E-state index contributed by atoms with van der Waals surface area (Å²) in [6, 6.07) is 9.82. The molecule has 1 unspecified atom stereocenters. The van der Waals surface area contributed by atoms with Crippen molar-refractivity contribution in [1.82, 2.24) is 5.43 Å². The zero-order chi connectivity index (χ0) is 17.7. The fourth-order valence-corrected chi connectivity index (χ4v) is 2.63. The highest BCUT2D eigenvalue weighted by Gasteiger charge is 2.15. The van der Waals surface area contributed by atoms with Gasteiger partial charge in [0, 0.05) is 5.56 Å². The molecular formula is C17H15BrClFN2O2. The van der Waals surface area contributed by atoms with Crippen molar-refractivity contribution in [2.45, 2.75) is 20.0 Å². The van der Waals surface area contributed by atoms with Gasteiger partial charge in [-0.2, -0.15) is 5.10 Å². The standard InChI is InChI=1S/C17H15BrClFN2O2/c1-10-6-7-16(13(18)8-10)24-11(2)17(23)22-21-9-12-14(19)4-3-5-15(12)20/h3-9,11H,1-2H3,(H,22,23)/b21-9+. The average molecular weight is 414 g/mol. The number of hydrogen-bond donors (Lipinski definition) is 1. The van der Waals surface area contributed by atoms with E-state index in [9.17, 15) is 9.18 Å². The minimum Gasteiger partial charge on any atom is -0.480 e. The fraction of sp³-hybridized carbons (Fsp3) is 0.176. The number of benzene rings is 2. The molecule has 7 heteroatoms. The van der Waals surface area contributed by atoms with Crippen molar-refractivity contribution in [3.63, 3.8) is 0 Å². The highest BCUT2D eigenvalue weighted by molar-refractivity contribution is 9.10. The molecule has 2 aromatic carbocycles. The Kier molecular flexibility index (Phi) is 6.34. The summed E-state index contributed by atoms with van der Waals surface area (Å²) in [5.74, 6) is -0.441. The van der Waals surface area contributed by atoms with Gasteiger partial charge in [-0.3, -0.25) is 4.79 Å². The normalized spacial score (nSPS) is 12.2. The lowest BCUT2D eigenvalue weighted by Gasteiger charge is -2.14. The van der Waals surface area contributed by atoms with Crippen LogP contribution in [0.25, 0.3) is 0 Å². The molecule has 0 aromatic heterocycles. The van der Waals surface area contributed by atoms with E-state index in [0.29, 0.717) is 5.75 Å². The zero-order valence-electron chi connectivity index (χ0n) is 13.0. The third-order valence-electron chi connectivity index (χ3n) is 3.13. The van der Waals surface area contributed by atoms with E-state index in [1.807, 2.05) is 19.1 Å². The summed E-state index contributed by atoms with van der Waals surface area (Å²) in [5.41, 5.74) is 3.47. The van der Waals surface area contributed by atoms with E-state index in [2.05, 4.69) is 26.5 Å². The van der Waals surface area contributed by atoms with Gasteiger partial charge in [-0.15, -0.1) is 0 Å². The molecule has 24 heavy (non-hydrogen) atoms. The Bertz CT molecular complexity index is 763. The first-order chi connectivity index (χ1) is 11.4. The van der Waals surface area contributed by atoms with Crippen LogP contribution in [0.4, 0.5) is 4.39 Å². The van der Waals surface area contributed by atoms with Crippen LogP contribution in [0.3, 0.4) is 0 Å². The fourth-order valence-electron chi connectivity index (χ4n) is 1.83. The number of rotatable bonds is 5. The third-order valence-corrected chi connectivity index (χ3v) is 4.08. The van der Waals surface area contributed by atoms with Gasteiger partial charge in [0.2, 0.25) is 0 Å². The Hall–Kier alpha value is -1.92. The second-order valence-corrected chi connectivity index (χ2v) is 6.33. The first-order valence-electron chi connectivity index (χ1n) is 7.08. The Morgan fingerprint density at radius 2 is 2.17 bits per heavy atom. The monoisotopic (exact) mass is 412 g/mol. The minimum atomic E-state index is -0.780. The van der Waals surface area contributed by atoms with E-state index in [0.717, 1.165) is 16.3 Å². The van der Waals surface area contributed by atoms with Crippen LogP contribution in [0.5, 0.6) is 5.75 Å².